The largest absolute Gasteiger partial charge is 0.339 e. The first kappa shape index (κ1) is 30.1. The molecule has 144 valence electrons. The maximum Gasteiger partial charge on any atom is 0.339 e. The second kappa shape index (κ2) is 19.2. The lowest BCUT2D eigenvalue weighted by atomic mass is 10.3. The predicted octanol–water partition coefficient (Wildman–Crippen LogP) is 7.56. The zero-order chi connectivity index (χ0) is 18.9. The Balaban J connectivity index is -0.000000286. The molecule has 0 rings (SSSR count). The molecule has 13 heteroatoms. The van der Waals surface area contributed by atoms with Crippen LogP contribution < -0.4 is 5.32 Å². The molecular weight excluding hydrogens is 490 g/mol. The topological polar surface area (TPSA) is 49.4 Å². The average molecular weight is 513 g/mol. The van der Waals surface area contributed by atoms with Crippen LogP contribution in [0.25, 0.3) is 0 Å². The highest BCUT2D eigenvalue weighted by atomic mass is 36.0. The van der Waals surface area contributed by atoms with Gasteiger partial charge in [0.05, 0.1) is 0 Å². The van der Waals surface area contributed by atoms with Gasteiger partial charge in [0.2, 0.25) is 0 Å². The van der Waals surface area contributed by atoms with E-state index in [4.69, 9.17) is 45.7 Å². The summed E-state index contributed by atoms with van der Waals surface area (Å²) in [4.78, 5) is 0. The summed E-state index contributed by atoms with van der Waals surface area (Å²) < 4.78 is 21.9. The van der Waals surface area contributed by atoms with Crippen molar-refractivity contribution in [3.05, 3.63) is 0 Å². The van der Waals surface area contributed by atoms with Gasteiger partial charge in [0.1, 0.15) is 0 Å². The van der Waals surface area contributed by atoms with E-state index in [1.807, 2.05) is 7.05 Å². The standard InChI is InChI=1S/C5H11Cl3NOP.C5H12ClN.Cl3OP/c1-9(11(7,8)10)5-3-2-4-6;1-7-5-3-2-4-6;1-5(2,3)4/h2-5H2,1H3;7H,2-5H2,1H3;. The predicted molar refractivity (Wildman–Crippen MR) is 111 cm³/mol. The Morgan fingerprint density at radius 3 is 1.57 bits per heavy atom. The van der Waals surface area contributed by atoms with Crippen molar-refractivity contribution >= 4 is 90.6 Å². The van der Waals surface area contributed by atoms with Crippen molar-refractivity contribution in [3.63, 3.8) is 0 Å². The van der Waals surface area contributed by atoms with E-state index in [-0.39, 0.29) is 0 Å². The number of hydrogen-bond acceptors (Lipinski definition) is 3. The Hall–Kier alpha value is 2.41. The van der Waals surface area contributed by atoms with Crippen molar-refractivity contribution in [3.8, 4) is 0 Å². The molecule has 4 nitrogen and oxygen atoms in total. The monoisotopic (exact) mass is 510 g/mol. The van der Waals surface area contributed by atoms with Gasteiger partial charge >= 0.3 is 11.2 Å². The third kappa shape index (κ3) is 40.4. The highest BCUT2D eigenvalue weighted by Gasteiger charge is 2.19. The quantitative estimate of drug-likeness (QED) is 0.196. The molecule has 0 aromatic rings. The maximum atomic E-state index is 10.9. The third-order valence-corrected chi connectivity index (χ3v) is 5.15. The normalized spacial score (nSPS) is 11.4. The smallest absolute Gasteiger partial charge is 0.320 e. The van der Waals surface area contributed by atoms with E-state index in [2.05, 4.69) is 39.0 Å². The summed E-state index contributed by atoms with van der Waals surface area (Å²) in [5, 5.41) is -0.178. The van der Waals surface area contributed by atoms with Crippen LogP contribution in [0.3, 0.4) is 0 Å². The van der Waals surface area contributed by atoms with Gasteiger partial charge in [-0.2, -0.15) is 0 Å². The van der Waals surface area contributed by atoms with Crippen LogP contribution in [-0.2, 0) is 9.13 Å². The lowest BCUT2D eigenvalue weighted by Crippen LogP contribution is -2.11. The molecule has 0 aromatic heterocycles. The zero-order valence-corrected chi connectivity index (χ0v) is 20.0. The zero-order valence-electron chi connectivity index (χ0n) is 13.0. The van der Waals surface area contributed by atoms with E-state index in [1.54, 1.807) is 7.05 Å². The van der Waals surface area contributed by atoms with Gasteiger partial charge in [-0.25, -0.2) is 4.67 Å². The molecule has 1 N–H and O–H groups in total. The summed E-state index contributed by atoms with van der Waals surface area (Å²) in [5.74, 6) is -1.66. The number of unbranched alkanes of at least 4 members (excludes halogenated alkanes) is 2. The highest BCUT2D eigenvalue weighted by molar-refractivity contribution is 8.24. The fourth-order valence-electron chi connectivity index (χ4n) is 0.948. The minimum atomic E-state index is -3.22. The van der Waals surface area contributed by atoms with Crippen LogP contribution in [0.15, 0.2) is 0 Å². The second-order valence-electron chi connectivity index (χ2n) is 4.11. The van der Waals surface area contributed by atoms with Crippen molar-refractivity contribution in [2.75, 3.05) is 38.9 Å². The van der Waals surface area contributed by atoms with Gasteiger partial charge in [-0.15, -0.1) is 23.2 Å². The Morgan fingerprint density at radius 2 is 1.26 bits per heavy atom. The molecule has 0 fully saturated rings. The molecule has 0 unspecified atom stereocenters. The first-order valence-corrected chi connectivity index (χ1v) is 15.5. The summed E-state index contributed by atoms with van der Waals surface area (Å²) in [6.45, 7) is 1.71. The highest BCUT2D eigenvalue weighted by Crippen LogP contribution is 2.61. The van der Waals surface area contributed by atoms with Crippen molar-refractivity contribution < 1.29 is 9.13 Å². The Bertz CT molecular complexity index is 329. The second-order valence-corrected chi connectivity index (χ2v) is 16.3. The lowest BCUT2D eigenvalue weighted by molar-refractivity contribution is 0.480. The van der Waals surface area contributed by atoms with Crippen molar-refractivity contribution in [2.45, 2.75) is 25.7 Å². The van der Waals surface area contributed by atoms with E-state index in [0.717, 1.165) is 31.7 Å². The fraction of sp³-hybridized carbons (Fsp3) is 1.00. The van der Waals surface area contributed by atoms with E-state index < -0.39 is 11.2 Å². The molecule has 0 amide bonds. The summed E-state index contributed by atoms with van der Waals surface area (Å²) >= 11 is 35.5. The molecule has 0 spiro atoms. The van der Waals surface area contributed by atoms with Crippen LogP contribution in [-0.4, -0.2) is 43.6 Å². The Labute approximate surface area is 173 Å². The number of nitrogens with one attached hydrogen (secondary N) is 1. The number of alkyl halides is 2. The first-order chi connectivity index (χ1) is 10.4. The molecule has 0 atom stereocenters. The van der Waals surface area contributed by atoms with Crippen molar-refractivity contribution in [1.29, 1.82) is 0 Å². The van der Waals surface area contributed by atoms with Crippen LogP contribution in [0.2, 0.25) is 0 Å². The molecule has 0 aliphatic rings. The first-order valence-electron chi connectivity index (χ1n) is 6.56. The number of hydrogen-bond donors (Lipinski definition) is 1. The molecule has 0 bridgehead atoms. The molecule has 0 saturated heterocycles. The SMILES string of the molecule is CN(CCCCCl)P(=O)(Cl)Cl.CNCCCCCl.O=P(Cl)(Cl)Cl. The summed E-state index contributed by atoms with van der Waals surface area (Å²) in [7, 11) is 3.59. The number of halogens is 7. The molecular formula is C10H23Cl7N2O2P2. The van der Waals surface area contributed by atoms with Gasteiger partial charge in [-0.3, -0.25) is 9.13 Å². The van der Waals surface area contributed by atoms with Gasteiger partial charge in [0.25, 0.3) is 0 Å². The molecule has 0 aromatic carbocycles. The van der Waals surface area contributed by atoms with Crippen LogP contribution in [0, 0.1) is 0 Å². The van der Waals surface area contributed by atoms with Crippen LogP contribution in [0.4, 0.5) is 0 Å². The third-order valence-electron chi connectivity index (χ3n) is 2.07. The van der Waals surface area contributed by atoms with Gasteiger partial charge < -0.3 is 5.32 Å². The molecule has 0 aliphatic carbocycles. The van der Waals surface area contributed by atoms with Crippen molar-refractivity contribution in [1.82, 2.24) is 9.99 Å². The van der Waals surface area contributed by atoms with Crippen LogP contribution >= 0.6 is 90.6 Å². The summed E-state index contributed by atoms with van der Waals surface area (Å²) in [6.07, 6.45) is 4.07. The van der Waals surface area contributed by atoms with Crippen molar-refractivity contribution in [2.24, 2.45) is 0 Å². The Kier molecular flexibility index (Phi) is 25.1. The van der Waals surface area contributed by atoms with Crippen LogP contribution in [0.5, 0.6) is 0 Å². The van der Waals surface area contributed by atoms with E-state index in [0.29, 0.717) is 12.4 Å². The maximum absolute atomic E-state index is 10.9. The van der Waals surface area contributed by atoms with Gasteiger partial charge in [0, 0.05) is 18.3 Å². The average Bonchev–Trinajstić information content (AvgIpc) is 2.37. The molecule has 0 radical (unpaired) electrons. The van der Waals surface area contributed by atoms with E-state index >= 15 is 0 Å². The molecule has 0 heterocycles. The van der Waals surface area contributed by atoms with Crippen LogP contribution in [0.1, 0.15) is 25.7 Å². The minimum absolute atomic E-state index is 0.614. The van der Waals surface area contributed by atoms with E-state index in [1.165, 1.54) is 11.1 Å². The Morgan fingerprint density at radius 1 is 0.870 bits per heavy atom. The van der Waals surface area contributed by atoms with Gasteiger partial charge in [0.15, 0.2) is 0 Å². The minimum Gasteiger partial charge on any atom is -0.320 e. The molecule has 23 heavy (non-hydrogen) atoms. The summed E-state index contributed by atoms with van der Waals surface area (Å²) in [6, 6.07) is 0. The lowest BCUT2D eigenvalue weighted by Gasteiger charge is -2.16. The molecule has 0 saturated carbocycles. The molecule has 0 aliphatic heterocycles. The number of nitrogens with zero attached hydrogens (tertiary/aromatic N) is 1. The number of rotatable bonds is 9. The van der Waals surface area contributed by atoms with Gasteiger partial charge in [-0.05, 0) is 103 Å². The van der Waals surface area contributed by atoms with Gasteiger partial charge in [-0.1, -0.05) is 0 Å². The van der Waals surface area contributed by atoms with E-state index in [9.17, 15) is 9.13 Å². The fourth-order valence-corrected chi connectivity index (χ4v) is 2.15. The summed E-state index contributed by atoms with van der Waals surface area (Å²) in [5.41, 5.74) is 0.